The van der Waals surface area contributed by atoms with Crippen LogP contribution in [0, 0.1) is 15.9 Å². The van der Waals surface area contributed by atoms with Crippen LogP contribution in [0.15, 0.2) is 24.4 Å². The number of benzene rings is 1. The second-order valence-corrected chi connectivity index (χ2v) is 5.78. The second kappa shape index (κ2) is 6.73. The topological polar surface area (TPSA) is 68.1 Å². The number of nitrogens with zero attached hydrogens (tertiary/aromatic N) is 2. The molecule has 21 heavy (non-hydrogen) atoms. The van der Waals surface area contributed by atoms with E-state index in [9.17, 15) is 14.5 Å². The molecule has 0 bridgehead atoms. The molecule has 0 saturated heterocycles. The minimum absolute atomic E-state index is 0.0334. The molecule has 1 heterocycles. The molecule has 7 heteroatoms. The zero-order chi connectivity index (χ0) is 15.4. The first kappa shape index (κ1) is 15.5. The van der Waals surface area contributed by atoms with E-state index < -0.39 is 16.4 Å². The zero-order valence-electron chi connectivity index (χ0n) is 11.8. The number of aromatic nitrogens is 1. The van der Waals surface area contributed by atoms with Gasteiger partial charge in [0.2, 0.25) is 5.82 Å². The van der Waals surface area contributed by atoms with E-state index in [0.717, 1.165) is 17.5 Å². The van der Waals surface area contributed by atoms with Crippen molar-refractivity contribution in [1.82, 2.24) is 10.3 Å². The summed E-state index contributed by atoms with van der Waals surface area (Å²) in [5.74, 6) is -0.782. The molecule has 0 aliphatic carbocycles. The highest BCUT2D eigenvalue weighted by Crippen LogP contribution is 2.23. The van der Waals surface area contributed by atoms with Gasteiger partial charge in [0.05, 0.1) is 11.0 Å². The van der Waals surface area contributed by atoms with Crippen LogP contribution >= 0.6 is 11.3 Å². The fourth-order valence-electron chi connectivity index (χ4n) is 1.88. The second-order valence-electron chi connectivity index (χ2n) is 4.63. The number of halogens is 1. The van der Waals surface area contributed by atoms with E-state index in [-0.39, 0.29) is 18.2 Å². The van der Waals surface area contributed by atoms with Crippen molar-refractivity contribution in [2.45, 2.75) is 32.9 Å². The maximum Gasteiger partial charge on any atom is 0.305 e. The first-order chi connectivity index (χ1) is 10.0. The van der Waals surface area contributed by atoms with E-state index in [1.807, 2.05) is 13.1 Å². The lowest BCUT2D eigenvalue weighted by Gasteiger charge is -2.11. The number of aryl methyl sites for hydroxylation is 1. The average Bonchev–Trinajstić information content (AvgIpc) is 2.94. The zero-order valence-corrected chi connectivity index (χ0v) is 12.6. The quantitative estimate of drug-likeness (QED) is 0.654. The molecular weight excluding hydrogens is 293 g/mol. The summed E-state index contributed by atoms with van der Waals surface area (Å²) in [6, 6.07) is 4.16. The number of hydrogen-bond acceptors (Lipinski definition) is 5. The standard InChI is InChI=1S/C14H16FN3O2S/c1-3-11-8-17-14(21-11)9(2)16-7-10-5-4-6-12(13(10)15)18(19)20/h4-6,8-9,16H,3,7H2,1-2H3. The minimum Gasteiger partial charge on any atom is -0.304 e. The third-order valence-electron chi connectivity index (χ3n) is 3.14. The molecule has 2 rings (SSSR count). The third-order valence-corrected chi connectivity index (χ3v) is 4.47. The lowest BCUT2D eigenvalue weighted by Crippen LogP contribution is -2.18. The Morgan fingerprint density at radius 2 is 2.29 bits per heavy atom. The van der Waals surface area contributed by atoms with Crippen LogP contribution in [0.5, 0.6) is 0 Å². The Kier molecular flexibility index (Phi) is 4.98. The number of thiazole rings is 1. The SMILES string of the molecule is CCc1cnc(C(C)NCc2cccc([N+](=O)[O-])c2F)s1. The molecule has 0 fully saturated rings. The Morgan fingerprint density at radius 1 is 1.52 bits per heavy atom. The highest BCUT2D eigenvalue weighted by molar-refractivity contribution is 7.11. The average molecular weight is 309 g/mol. The van der Waals surface area contributed by atoms with Crippen LogP contribution in [0.3, 0.4) is 0 Å². The van der Waals surface area contributed by atoms with Crippen molar-refractivity contribution < 1.29 is 9.31 Å². The molecule has 1 N–H and O–H groups in total. The molecule has 1 aromatic carbocycles. The van der Waals surface area contributed by atoms with E-state index in [1.54, 1.807) is 17.4 Å². The molecule has 0 aliphatic heterocycles. The van der Waals surface area contributed by atoms with Gasteiger partial charge >= 0.3 is 5.69 Å². The summed E-state index contributed by atoms with van der Waals surface area (Å²) in [6.45, 7) is 4.22. The van der Waals surface area contributed by atoms with Crippen LogP contribution in [0.25, 0.3) is 0 Å². The Labute approximate surface area is 126 Å². The van der Waals surface area contributed by atoms with Crippen LogP contribution in [0.1, 0.15) is 35.3 Å². The molecule has 5 nitrogen and oxygen atoms in total. The van der Waals surface area contributed by atoms with Gasteiger partial charge in [0.1, 0.15) is 5.01 Å². The van der Waals surface area contributed by atoms with Gasteiger partial charge in [0, 0.05) is 29.2 Å². The largest absolute Gasteiger partial charge is 0.305 e. The molecule has 0 spiro atoms. The van der Waals surface area contributed by atoms with E-state index in [4.69, 9.17) is 0 Å². The summed E-state index contributed by atoms with van der Waals surface area (Å²) in [4.78, 5) is 15.5. The van der Waals surface area contributed by atoms with Gasteiger partial charge in [-0.1, -0.05) is 19.1 Å². The first-order valence-corrected chi connectivity index (χ1v) is 7.44. The monoisotopic (exact) mass is 309 g/mol. The smallest absolute Gasteiger partial charge is 0.304 e. The van der Waals surface area contributed by atoms with Crippen LogP contribution in [0.4, 0.5) is 10.1 Å². The highest BCUT2D eigenvalue weighted by Gasteiger charge is 2.18. The number of hydrogen-bond donors (Lipinski definition) is 1. The molecule has 1 atom stereocenters. The van der Waals surface area contributed by atoms with Crippen molar-refractivity contribution in [2.75, 3.05) is 0 Å². The van der Waals surface area contributed by atoms with Gasteiger partial charge in [-0.05, 0) is 13.3 Å². The maximum atomic E-state index is 13.9. The Bertz CT molecular complexity index is 645. The van der Waals surface area contributed by atoms with Gasteiger partial charge in [0.25, 0.3) is 0 Å². The molecule has 0 radical (unpaired) electrons. The fourth-order valence-corrected chi connectivity index (χ4v) is 2.76. The summed E-state index contributed by atoms with van der Waals surface area (Å²) in [5, 5.41) is 14.8. The predicted octanol–water partition coefficient (Wildman–Crippen LogP) is 3.60. The minimum atomic E-state index is -0.782. The van der Waals surface area contributed by atoms with Crippen molar-refractivity contribution in [2.24, 2.45) is 0 Å². The Hall–Kier alpha value is -1.86. The summed E-state index contributed by atoms with van der Waals surface area (Å²) < 4.78 is 13.9. The highest BCUT2D eigenvalue weighted by atomic mass is 32.1. The molecule has 0 aliphatic rings. The molecule has 0 amide bonds. The summed E-state index contributed by atoms with van der Waals surface area (Å²) in [6.07, 6.45) is 2.77. The van der Waals surface area contributed by atoms with E-state index >= 15 is 0 Å². The van der Waals surface area contributed by atoms with Gasteiger partial charge in [-0.2, -0.15) is 4.39 Å². The van der Waals surface area contributed by atoms with Crippen molar-refractivity contribution in [3.8, 4) is 0 Å². The van der Waals surface area contributed by atoms with E-state index in [2.05, 4.69) is 17.2 Å². The summed E-state index contributed by atoms with van der Waals surface area (Å²) in [5.41, 5.74) is -0.215. The van der Waals surface area contributed by atoms with Crippen molar-refractivity contribution in [1.29, 1.82) is 0 Å². The lowest BCUT2D eigenvalue weighted by atomic mass is 10.1. The molecule has 1 aromatic heterocycles. The molecule has 2 aromatic rings. The van der Waals surface area contributed by atoms with Crippen molar-refractivity contribution >= 4 is 17.0 Å². The van der Waals surface area contributed by atoms with Gasteiger partial charge in [-0.15, -0.1) is 11.3 Å². The fraction of sp³-hybridized carbons (Fsp3) is 0.357. The summed E-state index contributed by atoms with van der Waals surface area (Å²) >= 11 is 1.61. The lowest BCUT2D eigenvalue weighted by molar-refractivity contribution is -0.387. The van der Waals surface area contributed by atoms with Gasteiger partial charge in [-0.3, -0.25) is 10.1 Å². The number of rotatable bonds is 6. The number of nitro groups is 1. The first-order valence-electron chi connectivity index (χ1n) is 6.62. The van der Waals surface area contributed by atoms with Crippen molar-refractivity contribution in [3.05, 3.63) is 55.8 Å². The van der Waals surface area contributed by atoms with Gasteiger partial charge in [0.15, 0.2) is 0 Å². The van der Waals surface area contributed by atoms with E-state index in [0.29, 0.717) is 0 Å². The molecular formula is C14H16FN3O2S. The van der Waals surface area contributed by atoms with Crippen LogP contribution in [0.2, 0.25) is 0 Å². The third kappa shape index (κ3) is 3.62. The van der Waals surface area contributed by atoms with Gasteiger partial charge < -0.3 is 5.32 Å². The predicted molar refractivity (Wildman–Crippen MR) is 79.8 cm³/mol. The Morgan fingerprint density at radius 3 is 2.90 bits per heavy atom. The Balaban J connectivity index is 2.06. The normalized spacial score (nSPS) is 12.3. The maximum absolute atomic E-state index is 13.9. The van der Waals surface area contributed by atoms with E-state index in [1.165, 1.54) is 10.9 Å². The number of nitro benzene ring substituents is 1. The summed E-state index contributed by atoms with van der Waals surface area (Å²) in [7, 11) is 0. The van der Waals surface area contributed by atoms with Crippen LogP contribution in [-0.2, 0) is 13.0 Å². The number of nitrogens with one attached hydrogen (secondary N) is 1. The molecule has 0 saturated carbocycles. The van der Waals surface area contributed by atoms with Crippen LogP contribution < -0.4 is 5.32 Å². The molecule has 1 unspecified atom stereocenters. The van der Waals surface area contributed by atoms with Gasteiger partial charge in [-0.25, -0.2) is 4.98 Å². The molecule has 112 valence electrons. The van der Waals surface area contributed by atoms with Crippen molar-refractivity contribution in [3.63, 3.8) is 0 Å². The van der Waals surface area contributed by atoms with Crippen LogP contribution in [-0.4, -0.2) is 9.91 Å².